The van der Waals surface area contributed by atoms with Gasteiger partial charge in [-0.25, -0.2) is 9.38 Å². The molecule has 2 atom stereocenters. The maximum absolute atomic E-state index is 13.2. The molecule has 1 aromatic carbocycles. The monoisotopic (exact) mass is 401 g/mol. The number of carbonyl (C=O) groups excluding carboxylic acids is 1. The summed E-state index contributed by atoms with van der Waals surface area (Å²) in [7, 11) is 0. The highest BCUT2D eigenvalue weighted by Gasteiger charge is 2.25. The molecule has 2 aromatic rings. The molecule has 0 aliphatic carbocycles. The number of ether oxygens (including phenoxy) is 1. The number of nitrogens with zero attached hydrogens (tertiary/aromatic N) is 2. The lowest BCUT2D eigenvalue weighted by molar-refractivity contribution is -0.122. The fourth-order valence-electron chi connectivity index (χ4n) is 3.34. The van der Waals surface area contributed by atoms with Crippen LogP contribution < -0.4 is 5.32 Å². The number of aliphatic imine (C=N–C) groups is 1. The van der Waals surface area contributed by atoms with E-state index < -0.39 is 18.0 Å². The minimum Gasteiger partial charge on any atom is -0.478 e. The molecule has 3 N–H and O–H groups in total. The van der Waals surface area contributed by atoms with Gasteiger partial charge in [-0.15, -0.1) is 0 Å². The zero-order chi connectivity index (χ0) is 21.0. The lowest BCUT2D eigenvalue weighted by atomic mass is 10.0. The second-order valence-corrected chi connectivity index (χ2v) is 6.82. The molecule has 1 aliphatic rings. The standard InChI is InChI=1S/C21H24FN3O4/c1-3-29-21-19-14(10-23-21)8-16(24-17(19)11-26)9-18(28)25-20(12(2)27)13-4-6-15(22)7-5-13/h4-8,12,20,26-27H,3,9-11H2,1-2H3,(H,25,28)/t12-,20-/m1/s1. The van der Waals surface area contributed by atoms with Crippen molar-refractivity contribution in [2.75, 3.05) is 6.61 Å². The first-order valence-corrected chi connectivity index (χ1v) is 9.46. The molecule has 0 saturated heterocycles. The van der Waals surface area contributed by atoms with Crippen molar-refractivity contribution in [2.24, 2.45) is 4.99 Å². The number of nitrogens with one attached hydrogen (secondary N) is 1. The van der Waals surface area contributed by atoms with Crippen LogP contribution in [-0.4, -0.2) is 39.7 Å². The van der Waals surface area contributed by atoms with Crippen molar-refractivity contribution >= 4 is 11.8 Å². The molecular formula is C21H24FN3O4. The van der Waals surface area contributed by atoms with E-state index in [1.54, 1.807) is 13.0 Å². The van der Waals surface area contributed by atoms with Crippen molar-refractivity contribution < 1.29 is 24.1 Å². The summed E-state index contributed by atoms with van der Waals surface area (Å²) in [6.45, 7) is 3.97. The predicted molar refractivity (Wildman–Crippen MR) is 105 cm³/mol. The molecule has 29 heavy (non-hydrogen) atoms. The number of benzene rings is 1. The molecule has 3 rings (SSSR count). The second-order valence-electron chi connectivity index (χ2n) is 6.82. The topological polar surface area (TPSA) is 104 Å². The minimum absolute atomic E-state index is 0.0331. The van der Waals surface area contributed by atoms with Crippen LogP contribution in [0.2, 0.25) is 0 Å². The van der Waals surface area contributed by atoms with E-state index >= 15 is 0 Å². The van der Waals surface area contributed by atoms with Crippen LogP contribution in [0, 0.1) is 5.82 Å². The van der Waals surface area contributed by atoms with E-state index in [0.717, 1.165) is 5.56 Å². The number of hydrogen-bond donors (Lipinski definition) is 3. The summed E-state index contributed by atoms with van der Waals surface area (Å²) in [4.78, 5) is 21.3. The molecule has 0 saturated carbocycles. The van der Waals surface area contributed by atoms with Crippen molar-refractivity contribution in [3.63, 3.8) is 0 Å². The van der Waals surface area contributed by atoms with Crippen LogP contribution in [0.15, 0.2) is 35.3 Å². The normalized spacial score (nSPS) is 14.7. The van der Waals surface area contributed by atoms with Gasteiger partial charge in [0.2, 0.25) is 11.8 Å². The zero-order valence-electron chi connectivity index (χ0n) is 16.4. The maximum atomic E-state index is 13.2. The minimum atomic E-state index is -0.868. The quantitative estimate of drug-likeness (QED) is 0.656. The van der Waals surface area contributed by atoms with Gasteiger partial charge in [0.15, 0.2) is 0 Å². The van der Waals surface area contributed by atoms with Crippen LogP contribution in [0.25, 0.3) is 0 Å². The van der Waals surface area contributed by atoms with Gasteiger partial charge in [0.25, 0.3) is 0 Å². The van der Waals surface area contributed by atoms with Gasteiger partial charge >= 0.3 is 0 Å². The average Bonchev–Trinajstić information content (AvgIpc) is 3.09. The van der Waals surface area contributed by atoms with E-state index in [2.05, 4.69) is 15.3 Å². The Morgan fingerprint density at radius 3 is 2.69 bits per heavy atom. The van der Waals surface area contributed by atoms with Crippen LogP contribution in [0.1, 0.15) is 48.0 Å². The van der Waals surface area contributed by atoms with E-state index in [1.807, 2.05) is 6.92 Å². The summed E-state index contributed by atoms with van der Waals surface area (Å²) in [5, 5.41) is 22.5. The van der Waals surface area contributed by atoms with Crippen LogP contribution in [-0.2, 0) is 29.1 Å². The largest absolute Gasteiger partial charge is 0.478 e. The summed E-state index contributed by atoms with van der Waals surface area (Å²) in [5.41, 5.74) is 3.04. The third-order valence-corrected chi connectivity index (χ3v) is 4.64. The van der Waals surface area contributed by atoms with Crippen LogP contribution in [0.5, 0.6) is 0 Å². The number of halogens is 1. The second kappa shape index (κ2) is 9.11. The van der Waals surface area contributed by atoms with Crippen molar-refractivity contribution in [3.8, 4) is 0 Å². The summed E-state index contributed by atoms with van der Waals surface area (Å²) in [6, 6.07) is 6.71. The lowest BCUT2D eigenvalue weighted by Crippen LogP contribution is -2.36. The Labute approximate surface area is 168 Å². The third kappa shape index (κ3) is 4.78. The highest BCUT2D eigenvalue weighted by atomic mass is 19.1. The summed E-state index contributed by atoms with van der Waals surface area (Å²) < 4.78 is 18.7. The predicted octanol–water partition coefficient (Wildman–Crippen LogP) is 1.79. The van der Waals surface area contributed by atoms with E-state index in [-0.39, 0.29) is 18.9 Å². The van der Waals surface area contributed by atoms with Gasteiger partial charge in [0.1, 0.15) is 5.82 Å². The van der Waals surface area contributed by atoms with Crippen molar-refractivity contribution in [3.05, 3.63) is 64.2 Å². The fraction of sp³-hybridized carbons (Fsp3) is 0.381. The van der Waals surface area contributed by atoms with Crippen molar-refractivity contribution in [2.45, 2.75) is 45.6 Å². The zero-order valence-corrected chi connectivity index (χ0v) is 16.4. The van der Waals surface area contributed by atoms with Crippen LogP contribution in [0.4, 0.5) is 4.39 Å². The van der Waals surface area contributed by atoms with E-state index in [0.29, 0.717) is 41.6 Å². The molecule has 0 bridgehead atoms. The molecule has 1 aromatic heterocycles. The van der Waals surface area contributed by atoms with Gasteiger partial charge in [-0.1, -0.05) is 12.1 Å². The SMILES string of the molecule is CCOC1=NCc2cc(CC(=O)N[C@@H](c3ccc(F)cc3)[C@@H](C)O)nc(CO)c21. The highest BCUT2D eigenvalue weighted by molar-refractivity contribution is 5.98. The van der Waals surface area contributed by atoms with Crippen molar-refractivity contribution in [1.29, 1.82) is 0 Å². The number of amides is 1. The Kier molecular flexibility index (Phi) is 6.56. The molecule has 7 nitrogen and oxygen atoms in total. The van der Waals surface area contributed by atoms with Gasteiger partial charge in [-0.2, -0.15) is 0 Å². The Balaban J connectivity index is 1.76. The number of fused-ring (bicyclic) bond motifs is 1. The Bertz CT molecular complexity index is 913. The molecule has 1 aliphatic heterocycles. The van der Waals surface area contributed by atoms with Crippen LogP contribution in [0.3, 0.4) is 0 Å². The first-order chi connectivity index (χ1) is 13.9. The van der Waals surface area contributed by atoms with Gasteiger partial charge in [-0.3, -0.25) is 9.78 Å². The molecule has 0 radical (unpaired) electrons. The number of aromatic nitrogens is 1. The van der Waals surface area contributed by atoms with E-state index in [9.17, 15) is 19.4 Å². The molecule has 0 fully saturated rings. The lowest BCUT2D eigenvalue weighted by Gasteiger charge is -2.22. The number of aliphatic hydroxyl groups excluding tert-OH is 2. The van der Waals surface area contributed by atoms with Gasteiger partial charge in [-0.05, 0) is 43.2 Å². The molecule has 0 unspecified atom stereocenters. The third-order valence-electron chi connectivity index (χ3n) is 4.64. The van der Waals surface area contributed by atoms with E-state index in [4.69, 9.17) is 4.74 Å². The number of hydrogen-bond acceptors (Lipinski definition) is 6. The number of aliphatic hydroxyl groups is 2. The first kappa shape index (κ1) is 20.9. The Morgan fingerprint density at radius 1 is 1.34 bits per heavy atom. The molecule has 154 valence electrons. The molecule has 1 amide bonds. The molecular weight excluding hydrogens is 377 g/mol. The molecule has 8 heteroatoms. The summed E-state index contributed by atoms with van der Waals surface area (Å²) in [5.74, 6) is -0.280. The van der Waals surface area contributed by atoms with Gasteiger partial charge < -0.3 is 20.3 Å². The smallest absolute Gasteiger partial charge is 0.226 e. The Morgan fingerprint density at radius 2 is 2.07 bits per heavy atom. The number of rotatable bonds is 7. The van der Waals surface area contributed by atoms with E-state index in [1.165, 1.54) is 24.3 Å². The van der Waals surface area contributed by atoms with Crippen molar-refractivity contribution in [1.82, 2.24) is 10.3 Å². The number of pyridine rings is 1. The van der Waals surface area contributed by atoms with Gasteiger partial charge in [0, 0.05) is 0 Å². The molecule has 0 spiro atoms. The highest BCUT2D eigenvalue weighted by Crippen LogP contribution is 2.24. The maximum Gasteiger partial charge on any atom is 0.226 e. The summed E-state index contributed by atoms with van der Waals surface area (Å²) >= 11 is 0. The summed E-state index contributed by atoms with van der Waals surface area (Å²) in [6.07, 6.45) is -0.901. The fourth-order valence-corrected chi connectivity index (χ4v) is 3.34. The number of carbonyl (C=O) groups is 1. The Hall–Kier alpha value is -2.84. The van der Waals surface area contributed by atoms with Crippen LogP contribution >= 0.6 is 0 Å². The van der Waals surface area contributed by atoms with Gasteiger partial charge in [0.05, 0.1) is 55.3 Å². The first-order valence-electron chi connectivity index (χ1n) is 9.46. The average molecular weight is 401 g/mol. The molecule has 2 heterocycles.